The molecule has 134 valence electrons. The van der Waals surface area contributed by atoms with E-state index >= 15 is 0 Å². The average Bonchev–Trinajstić information content (AvgIpc) is 3.04. The van der Waals surface area contributed by atoms with E-state index in [0.29, 0.717) is 13.0 Å². The lowest BCUT2D eigenvalue weighted by molar-refractivity contribution is -0.118. The van der Waals surface area contributed by atoms with Crippen LogP contribution in [0.5, 0.6) is 0 Å². The first-order chi connectivity index (χ1) is 12.5. The average molecular weight is 365 g/mol. The second-order valence-corrected chi connectivity index (χ2v) is 7.55. The summed E-state index contributed by atoms with van der Waals surface area (Å²) in [4.78, 5) is 19.5. The van der Waals surface area contributed by atoms with E-state index in [9.17, 15) is 4.79 Å². The largest absolute Gasteiger partial charge is 0.312 e. The molecule has 0 aliphatic heterocycles. The fraction of sp³-hybridized carbons (Fsp3) is 0.273. The second-order valence-electron chi connectivity index (χ2n) is 6.61. The summed E-state index contributed by atoms with van der Waals surface area (Å²) in [5.74, 6) is 0.118. The van der Waals surface area contributed by atoms with Gasteiger partial charge in [-0.15, -0.1) is 11.3 Å². The Bertz CT molecular complexity index is 886. The van der Waals surface area contributed by atoms with Crippen molar-refractivity contribution in [3.63, 3.8) is 0 Å². The second kappa shape index (κ2) is 8.28. The van der Waals surface area contributed by atoms with Crippen LogP contribution in [0.3, 0.4) is 0 Å². The highest BCUT2D eigenvalue weighted by Crippen LogP contribution is 2.21. The van der Waals surface area contributed by atoms with Crippen LogP contribution in [0.15, 0.2) is 53.9 Å². The van der Waals surface area contributed by atoms with Gasteiger partial charge in [0.2, 0.25) is 5.91 Å². The number of aryl methyl sites for hydroxylation is 3. The number of aromatic nitrogens is 1. The summed E-state index contributed by atoms with van der Waals surface area (Å²) >= 11 is 1.66. The van der Waals surface area contributed by atoms with Gasteiger partial charge in [0.05, 0.1) is 11.4 Å². The van der Waals surface area contributed by atoms with Crippen LogP contribution in [-0.2, 0) is 17.6 Å². The molecule has 3 aromatic rings. The smallest absolute Gasteiger partial charge is 0.231 e. The minimum Gasteiger partial charge on any atom is -0.312 e. The van der Waals surface area contributed by atoms with Crippen molar-refractivity contribution in [2.75, 3.05) is 11.4 Å². The van der Waals surface area contributed by atoms with E-state index in [1.807, 2.05) is 48.2 Å². The molecule has 0 radical (unpaired) electrons. The molecular weight excluding hydrogens is 340 g/mol. The molecule has 2 aromatic carbocycles. The van der Waals surface area contributed by atoms with Gasteiger partial charge in [0.1, 0.15) is 0 Å². The SMILES string of the molecule is Cc1csc(CCN(C(=O)Cc2ccccc2)c2ccc(C)c(C)c2)n1. The normalized spacial score (nSPS) is 10.7. The lowest BCUT2D eigenvalue weighted by Crippen LogP contribution is -2.34. The van der Waals surface area contributed by atoms with E-state index < -0.39 is 0 Å². The topological polar surface area (TPSA) is 33.2 Å². The zero-order valence-corrected chi connectivity index (χ0v) is 16.3. The van der Waals surface area contributed by atoms with Gasteiger partial charge in [0, 0.05) is 29.7 Å². The summed E-state index contributed by atoms with van der Waals surface area (Å²) in [7, 11) is 0. The maximum absolute atomic E-state index is 13.0. The van der Waals surface area contributed by atoms with Crippen LogP contribution in [0, 0.1) is 20.8 Å². The molecule has 0 atom stereocenters. The Morgan fingerprint density at radius 1 is 1.04 bits per heavy atom. The van der Waals surface area contributed by atoms with Gasteiger partial charge < -0.3 is 4.90 Å². The summed E-state index contributed by atoms with van der Waals surface area (Å²) in [6.45, 7) is 6.82. The maximum Gasteiger partial charge on any atom is 0.231 e. The first-order valence-electron chi connectivity index (χ1n) is 8.85. The molecule has 1 aromatic heterocycles. The zero-order valence-electron chi connectivity index (χ0n) is 15.5. The fourth-order valence-corrected chi connectivity index (χ4v) is 3.65. The third kappa shape index (κ3) is 4.58. The molecule has 3 nitrogen and oxygen atoms in total. The van der Waals surface area contributed by atoms with E-state index in [4.69, 9.17) is 0 Å². The van der Waals surface area contributed by atoms with Crippen molar-refractivity contribution in [3.05, 3.63) is 81.3 Å². The summed E-state index contributed by atoms with van der Waals surface area (Å²) < 4.78 is 0. The van der Waals surface area contributed by atoms with Gasteiger partial charge in [-0.05, 0) is 49.6 Å². The van der Waals surface area contributed by atoms with Crippen molar-refractivity contribution in [1.82, 2.24) is 4.98 Å². The summed E-state index contributed by atoms with van der Waals surface area (Å²) in [5, 5.41) is 3.13. The molecule has 0 fully saturated rings. The molecule has 0 spiro atoms. The summed E-state index contributed by atoms with van der Waals surface area (Å²) in [5.41, 5.74) is 5.47. The lowest BCUT2D eigenvalue weighted by Gasteiger charge is -2.23. The number of rotatable bonds is 6. The van der Waals surface area contributed by atoms with E-state index in [2.05, 4.69) is 36.3 Å². The summed E-state index contributed by atoms with van der Waals surface area (Å²) in [6.07, 6.45) is 1.18. The van der Waals surface area contributed by atoms with Crippen molar-refractivity contribution < 1.29 is 4.79 Å². The molecule has 0 bridgehead atoms. The van der Waals surface area contributed by atoms with Crippen molar-refractivity contribution >= 4 is 22.9 Å². The molecule has 3 rings (SSSR count). The number of nitrogens with zero attached hydrogens (tertiary/aromatic N) is 2. The molecule has 4 heteroatoms. The molecule has 26 heavy (non-hydrogen) atoms. The molecule has 1 heterocycles. The maximum atomic E-state index is 13.0. The Balaban J connectivity index is 1.82. The number of amides is 1. The van der Waals surface area contributed by atoms with Gasteiger partial charge in [-0.1, -0.05) is 36.4 Å². The molecule has 0 saturated heterocycles. The Morgan fingerprint density at radius 3 is 2.46 bits per heavy atom. The highest BCUT2D eigenvalue weighted by Gasteiger charge is 2.17. The van der Waals surface area contributed by atoms with Crippen LogP contribution in [0.25, 0.3) is 0 Å². The molecule has 0 saturated carbocycles. The summed E-state index contributed by atoms with van der Waals surface area (Å²) in [6, 6.07) is 16.1. The van der Waals surface area contributed by atoms with Crippen LogP contribution in [0.1, 0.15) is 27.4 Å². The zero-order chi connectivity index (χ0) is 18.5. The van der Waals surface area contributed by atoms with Gasteiger partial charge >= 0.3 is 0 Å². The molecule has 0 aliphatic carbocycles. The molecule has 0 aliphatic rings. The predicted molar refractivity (Wildman–Crippen MR) is 109 cm³/mol. The molecule has 0 unspecified atom stereocenters. The minimum atomic E-state index is 0.118. The van der Waals surface area contributed by atoms with Crippen molar-refractivity contribution in [3.8, 4) is 0 Å². The Hall–Kier alpha value is -2.46. The fourth-order valence-electron chi connectivity index (χ4n) is 2.88. The quantitative estimate of drug-likeness (QED) is 0.624. The van der Waals surface area contributed by atoms with Gasteiger partial charge in [0.25, 0.3) is 0 Å². The number of carbonyl (C=O) groups is 1. The minimum absolute atomic E-state index is 0.118. The van der Waals surface area contributed by atoms with Crippen LogP contribution < -0.4 is 4.90 Å². The third-order valence-electron chi connectivity index (χ3n) is 4.52. The van der Waals surface area contributed by atoms with Crippen LogP contribution >= 0.6 is 11.3 Å². The van der Waals surface area contributed by atoms with Crippen LogP contribution in [-0.4, -0.2) is 17.4 Å². The van der Waals surface area contributed by atoms with E-state index in [0.717, 1.165) is 28.4 Å². The van der Waals surface area contributed by atoms with Gasteiger partial charge in [0.15, 0.2) is 0 Å². The molecule has 1 amide bonds. The van der Waals surface area contributed by atoms with Crippen molar-refractivity contribution in [1.29, 1.82) is 0 Å². The van der Waals surface area contributed by atoms with Gasteiger partial charge in [-0.2, -0.15) is 0 Å². The third-order valence-corrected chi connectivity index (χ3v) is 5.54. The van der Waals surface area contributed by atoms with E-state index in [-0.39, 0.29) is 5.91 Å². The van der Waals surface area contributed by atoms with E-state index in [1.54, 1.807) is 11.3 Å². The Kier molecular flexibility index (Phi) is 5.84. The molecule has 0 N–H and O–H groups in total. The first kappa shape index (κ1) is 18.3. The van der Waals surface area contributed by atoms with E-state index in [1.165, 1.54) is 11.1 Å². The van der Waals surface area contributed by atoms with Crippen LogP contribution in [0.4, 0.5) is 5.69 Å². The van der Waals surface area contributed by atoms with Crippen molar-refractivity contribution in [2.24, 2.45) is 0 Å². The monoisotopic (exact) mass is 364 g/mol. The molecular formula is C22H24N2OS. The number of hydrogen-bond donors (Lipinski definition) is 0. The number of benzene rings is 2. The first-order valence-corrected chi connectivity index (χ1v) is 9.73. The Labute approximate surface area is 159 Å². The van der Waals surface area contributed by atoms with Crippen LogP contribution in [0.2, 0.25) is 0 Å². The number of thiazole rings is 1. The van der Waals surface area contributed by atoms with Crippen molar-refractivity contribution in [2.45, 2.75) is 33.6 Å². The van der Waals surface area contributed by atoms with Gasteiger partial charge in [-0.3, -0.25) is 4.79 Å². The number of carbonyl (C=O) groups excluding carboxylic acids is 1. The van der Waals surface area contributed by atoms with Gasteiger partial charge in [-0.25, -0.2) is 4.98 Å². The highest BCUT2D eigenvalue weighted by atomic mass is 32.1. The number of anilines is 1. The Morgan fingerprint density at radius 2 is 1.81 bits per heavy atom. The number of hydrogen-bond acceptors (Lipinski definition) is 3. The lowest BCUT2D eigenvalue weighted by atomic mass is 10.1. The standard InChI is InChI=1S/C22H24N2OS/c1-16-9-10-20(13-17(16)2)24(12-11-21-23-18(3)15-26-21)22(25)14-19-7-5-4-6-8-19/h4-10,13,15H,11-12,14H2,1-3H3. The highest BCUT2D eigenvalue weighted by molar-refractivity contribution is 7.09. The predicted octanol–water partition coefficient (Wildman–Crippen LogP) is 4.89.